The van der Waals surface area contributed by atoms with Crippen molar-refractivity contribution in [3.63, 3.8) is 0 Å². The summed E-state index contributed by atoms with van der Waals surface area (Å²) in [7, 11) is 0. The molecule has 26 heavy (non-hydrogen) atoms. The van der Waals surface area contributed by atoms with Crippen LogP contribution in [-0.4, -0.2) is 16.8 Å². The normalized spacial score (nSPS) is 10.4. The molecule has 3 rings (SSSR count). The number of carbonyl (C=O) groups is 2. The summed E-state index contributed by atoms with van der Waals surface area (Å²) in [5.41, 5.74) is 2.66. The van der Waals surface area contributed by atoms with Gasteiger partial charge in [0.15, 0.2) is 5.89 Å². The summed E-state index contributed by atoms with van der Waals surface area (Å²) in [5, 5.41) is 5.59. The molecule has 0 spiro atoms. The summed E-state index contributed by atoms with van der Waals surface area (Å²) in [6.07, 6.45) is 0. The Labute approximate surface area is 151 Å². The van der Waals surface area contributed by atoms with Crippen LogP contribution in [-0.2, 0) is 6.54 Å². The highest BCUT2D eigenvalue weighted by Gasteiger charge is 2.16. The van der Waals surface area contributed by atoms with E-state index in [4.69, 9.17) is 4.42 Å². The van der Waals surface area contributed by atoms with E-state index in [1.54, 1.807) is 38.1 Å². The molecule has 0 aliphatic rings. The third-order valence-electron chi connectivity index (χ3n) is 3.81. The minimum absolute atomic E-state index is 0.173. The molecule has 2 N–H and O–H groups in total. The first-order chi connectivity index (χ1) is 12.5. The van der Waals surface area contributed by atoms with Crippen LogP contribution in [0.25, 0.3) is 0 Å². The highest BCUT2D eigenvalue weighted by Crippen LogP contribution is 2.14. The second-order valence-electron chi connectivity index (χ2n) is 5.85. The molecule has 0 unspecified atom stereocenters. The molecule has 0 atom stereocenters. The highest BCUT2D eigenvalue weighted by molar-refractivity contribution is 6.03. The lowest BCUT2D eigenvalue weighted by molar-refractivity contribution is 0.0950. The monoisotopic (exact) mass is 349 g/mol. The van der Waals surface area contributed by atoms with E-state index in [0.29, 0.717) is 29.4 Å². The topological polar surface area (TPSA) is 84.2 Å². The Balaban J connectivity index is 1.60. The first kappa shape index (κ1) is 17.4. The molecule has 2 aromatic carbocycles. The van der Waals surface area contributed by atoms with Crippen molar-refractivity contribution in [1.82, 2.24) is 10.3 Å². The van der Waals surface area contributed by atoms with Crippen LogP contribution >= 0.6 is 0 Å². The van der Waals surface area contributed by atoms with E-state index in [0.717, 1.165) is 5.56 Å². The zero-order valence-corrected chi connectivity index (χ0v) is 14.6. The lowest BCUT2D eigenvalue weighted by Gasteiger charge is -2.07. The average molecular weight is 349 g/mol. The average Bonchev–Trinajstić information content (AvgIpc) is 2.99. The molecule has 0 aliphatic carbocycles. The second-order valence-corrected chi connectivity index (χ2v) is 5.85. The van der Waals surface area contributed by atoms with E-state index in [1.807, 2.05) is 30.3 Å². The second kappa shape index (κ2) is 7.65. The van der Waals surface area contributed by atoms with Crippen LogP contribution in [0.4, 0.5) is 5.69 Å². The van der Waals surface area contributed by atoms with Crippen molar-refractivity contribution < 1.29 is 14.0 Å². The first-order valence-electron chi connectivity index (χ1n) is 8.20. The summed E-state index contributed by atoms with van der Waals surface area (Å²) in [6.45, 7) is 3.86. The van der Waals surface area contributed by atoms with Gasteiger partial charge in [0, 0.05) is 24.7 Å². The van der Waals surface area contributed by atoms with Gasteiger partial charge in [-0.3, -0.25) is 9.59 Å². The number of amides is 2. The number of hydrogen-bond acceptors (Lipinski definition) is 4. The van der Waals surface area contributed by atoms with Crippen molar-refractivity contribution >= 4 is 17.5 Å². The summed E-state index contributed by atoms with van der Waals surface area (Å²) in [6, 6.07) is 16.4. The summed E-state index contributed by atoms with van der Waals surface area (Å²) in [4.78, 5) is 28.5. The molecule has 1 heterocycles. The van der Waals surface area contributed by atoms with Gasteiger partial charge in [-0.15, -0.1) is 0 Å². The number of hydrogen-bond donors (Lipinski definition) is 2. The van der Waals surface area contributed by atoms with E-state index < -0.39 is 0 Å². The minimum Gasteiger partial charge on any atom is -0.436 e. The standard InChI is InChI=1S/C20H19N3O3/c1-13-18(26-14(2)22-13)20(25)23-17-10-8-16(9-11-17)19(24)21-12-15-6-4-3-5-7-15/h3-11H,12H2,1-2H3,(H,21,24)(H,23,25). The van der Waals surface area contributed by atoms with Crippen molar-refractivity contribution in [2.45, 2.75) is 20.4 Å². The van der Waals surface area contributed by atoms with Gasteiger partial charge < -0.3 is 15.1 Å². The zero-order valence-electron chi connectivity index (χ0n) is 14.6. The number of rotatable bonds is 5. The Morgan fingerprint density at radius 3 is 2.27 bits per heavy atom. The van der Waals surface area contributed by atoms with E-state index >= 15 is 0 Å². The van der Waals surface area contributed by atoms with Gasteiger partial charge in [0.05, 0.1) is 5.69 Å². The Hall–Kier alpha value is -3.41. The number of benzene rings is 2. The molecule has 0 radical (unpaired) electrons. The number of anilines is 1. The molecule has 3 aromatic rings. The summed E-state index contributed by atoms with van der Waals surface area (Å²) >= 11 is 0. The fourth-order valence-electron chi connectivity index (χ4n) is 2.52. The van der Waals surface area contributed by atoms with Crippen molar-refractivity contribution in [3.8, 4) is 0 Å². The first-order valence-corrected chi connectivity index (χ1v) is 8.20. The zero-order chi connectivity index (χ0) is 18.5. The number of nitrogens with zero attached hydrogens (tertiary/aromatic N) is 1. The van der Waals surface area contributed by atoms with Crippen molar-refractivity contribution in [3.05, 3.63) is 83.1 Å². The SMILES string of the molecule is Cc1nc(C)c(C(=O)Nc2ccc(C(=O)NCc3ccccc3)cc2)o1. The van der Waals surface area contributed by atoms with Crippen LogP contribution in [0.1, 0.15) is 38.1 Å². The van der Waals surface area contributed by atoms with Gasteiger partial charge in [-0.05, 0) is 36.8 Å². The number of aryl methyl sites for hydroxylation is 2. The van der Waals surface area contributed by atoms with E-state index in [2.05, 4.69) is 15.6 Å². The molecule has 132 valence electrons. The van der Waals surface area contributed by atoms with E-state index in [9.17, 15) is 9.59 Å². The third-order valence-corrected chi connectivity index (χ3v) is 3.81. The van der Waals surface area contributed by atoms with Gasteiger partial charge >= 0.3 is 0 Å². The van der Waals surface area contributed by atoms with Gasteiger partial charge in [0.25, 0.3) is 11.8 Å². The van der Waals surface area contributed by atoms with Gasteiger partial charge in [0.1, 0.15) is 0 Å². The summed E-state index contributed by atoms with van der Waals surface area (Å²) in [5.74, 6) is 0.0862. The predicted octanol–water partition coefficient (Wildman–Crippen LogP) is 3.47. The molecule has 0 saturated heterocycles. The van der Waals surface area contributed by atoms with Crippen molar-refractivity contribution in [2.75, 3.05) is 5.32 Å². The molecule has 0 bridgehead atoms. The minimum atomic E-state index is -0.371. The lowest BCUT2D eigenvalue weighted by atomic mass is 10.1. The molecular weight excluding hydrogens is 330 g/mol. The summed E-state index contributed by atoms with van der Waals surface area (Å²) < 4.78 is 5.30. The van der Waals surface area contributed by atoms with Crippen LogP contribution in [0.2, 0.25) is 0 Å². The van der Waals surface area contributed by atoms with Gasteiger partial charge in [-0.1, -0.05) is 30.3 Å². The Kier molecular flexibility index (Phi) is 5.12. The number of carbonyl (C=O) groups excluding carboxylic acids is 2. The molecule has 2 amide bonds. The number of nitrogens with one attached hydrogen (secondary N) is 2. The van der Waals surface area contributed by atoms with Gasteiger partial charge in [0.2, 0.25) is 5.76 Å². The van der Waals surface area contributed by atoms with Crippen LogP contribution in [0.5, 0.6) is 0 Å². The number of aromatic nitrogens is 1. The van der Waals surface area contributed by atoms with Gasteiger partial charge in [-0.25, -0.2) is 4.98 Å². The maximum Gasteiger partial charge on any atom is 0.293 e. The van der Waals surface area contributed by atoms with Crippen LogP contribution < -0.4 is 10.6 Å². The van der Waals surface area contributed by atoms with Crippen LogP contribution in [0.15, 0.2) is 59.0 Å². The molecule has 0 saturated carbocycles. The Morgan fingerprint density at radius 2 is 1.65 bits per heavy atom. The largest absolute Gasteiger partial charge is 0.436 e. The van der Waals surface area contributed by atoms with Crippen LogP contribution in [0.3, 0.4) is 0 Å². The molecule has 0 fully saturated rings. The smallest absolute Gasteiger partial charge is 0.293 e. The maximum absolute atomic E-state index is 12.2. The van der Waals surface area contributed by atoms with Crippen molar-refractivity contribution in [2.24, 2.45) is 0 Å². The van der Waals surface area contributed by atoms with Crippen LogP contribution in [0, 0.1) is 13.8 Å². The Bertz CT molecular complexity index is 915. The molecule has 6 heteroatoms. The number of oxazole rings is 1. The fraction of sp³-hybridized carbons (Fsp3) is 0.150. The van der Waals surface area contributed by atoms with Gasteiger partial charge in [-0.2, -0.15) is 0 Å². The molecule has 0 aliphatic heterocycles. The van der Waals surface area contributed by atoms with E-state index in [-0.39, 0.29) is 17.6 Å². The lowest BCUT2D eigenvalue weighted by Crippen LogP contribution is -2.22. The molecular formula is C20H19N3O3. The Morgan fingerprint density at radius 1 is 0.962 bits per heavy atom. The molecule has 6 nitrogen and oxygen atoms in total. The molecule has 1 aromatic heterocycles. The fourth-order valence-corrected chi connectivity index (χ4v) is 2.52. The van der Waals surface area contributed by atoms with Crippen molar-refractivity contribution in [1.29, 1.82) is 0 Å². The quantitative estimate of drug-likeness (QED) is 0.739. The third kappa shape index (κ3) is 4.16. The maximum atomic E-state index is 12.2. The highest BCUT2D eigenvalue weighted by atomic mass is 16.4. The van der Waals surface area contributed by atoms with E-state index in [1.165, 1.54) is 0 Å². The predicted molar refractivity (Wildman–Crippen MR) is 98.0 cm³/mol.